The topological polar surface area (TPSA) is 83.0 Å². The number of nitrogens with two attached hydrogens (primary N) is 1. The van der Waals surface area contributed by atoms with Crippen molar-refractivity contribution in [2.24, 2.45) is 12.8 Å². The van der Waals surface area contributed by atoms with Crippen LogP contribution >= 0.6 is 11.8 Å². The van der Waals surface area contributed by atoms with E-state index in [0.717, 1.165) is 5.75 Å². The first-order valence-corrected chi connectivity index (χ1v) is 8.44. The van der Waals surface area contributed by atoms with E-state index in [4.69, 9.17) is 10.5 Å². The summed E-state index contributed by atoms with van der Waals surface area (Å²) in [6.07, 6.45) is -0.250. The quantitative estimate of drug-likeness (QED) is 0.787. The Morgan fingerprint density at radius 2 is 1.91 bits per heavy atom. The second-order valence-electron chi connectivity index (χ2n) is 5.64. The molecule has 0 aliphatic rings. The van der Waals surface area contributed by atoms with Crippen LogP contribution in [0, 0.1) is 0 Å². The van der Waals surface area contributed by atoms with Crippen LogP contribution in [-0.4, -0.2) is 26.4 Å². The normalized spacial score (nSPS) is 12.4. The van der Waals surface area contributed by atoms with Gasteiger partial charge in [0.05, 0.1) is 5.75 Å². The van der Waals surface area contributed by atoms with Crippen LogP contribution in [0.25, 0.3) is 0 Å². The van der Waals surface area contributed by atoms with Gasteiger partial charge >= 0.3 is 0 Å². The Morgan fingerprint density at radius 3 is 2.48 bits per heavy atom. The highest BCUT2D eigenvalue weighted by molar-refractivity contribution is 7.99. The predicted octanol–water partition coefficient (Wildman–Crippen LogP) is 2.66. The number of primary amides is 1. The molecule has 0 aliphatic heterocycles. The summed E-state index contributed by atoms with van der Waals surface area (Å²) in [5.41, 5.74) is 6.42. The van der Waals surface area contributed by atoms with E-state index in [2.05, 4.69) is 36.2 Å². The summed E-state index contributed by atoms with van der Waals surface area (Å²) in [6, 6.07) is 8.06. The molecule has 124 valence electrons. The second-order valence-corrected chi connectivity index (χ2v) is 6.58. The number of benzene rings is 1. The van der Waals surface area contributed by atoms with Crippen molar-refractivity contribution in [1.29, 1.82) is 0 Å². The maximum Gasteiger partial charge on any atom is 0.227 e. The van der Waals surface area contributed by atoms with Gasteiger partial charge in [0.2, 0.25) is 5.91 Å². The van der Waals surface area contributed by atoms with Gasteiger partial charge in [-0.05, 0) is 30.5 Å². The molecule has 1 atom stereocenters. The van der Waals surface area contributed by atoms with Crippen LogP contribution < -0.4 is 10.5 Å². The summed E-state index contributed by atoms with van der Waals surface area (Å²) >= 11 is 1.26. The van der Waals surface area contributed by atoms with E-state index in [1.165, 1.54) is 17.3 Å². The average Bonchev–Trinajstić information content (AvgIpc) is 2.86. The predicted molar refractivity (Wildman–Crippen MR) is 90.5 cm³/mol. The molecule has 0 fully saturated rings. The van der Waals surface area contributed by atoms with Gasteiger partial charge in [-0.1, -0.05) is 37.7 Å². The Kier molecular flexibility index (Phi) is 5.65. The van der Waals surface area contributed by atoms with E-state index >= 15 is 0 Å². The van der Waals surface area contributed by atoms with E-state index in [1.54, 1.807) is 0 Å². The molecule has 6 nitrogen and oxygen atoms in total. The van der Waals surface area contributed by atoms with E-state index in [0.29, 0.717) is 16.9 Å². The first-order chi connectivity index (χ1) is 10.9. The Morgan fingerprint density at radius 1 is 1.26 bits per heavy atom. The fourth-order valence-electron chi connectivity index (χ4n) is 2.13. The molecule has 23 heavy (non-hydrogen) atoms. The van der Waals surface area contributed by atoms with Gasteiger partial charge in [0.1, 0.15) is 5.75 Å². The van der Waals surface area contributed by atoms with Gasteiger partial charge in [0.25, 0.3) is 0 Å². The number of carbonyl (C=O) groups excluding carboxylic acids is 1. The highest BCUT2D eigenvalue weighted by Crippen LogP contribution is 2.25. The summed E-state index contributed by atoms with van der Waals surface area (Å²) in [5, 5.41) is 8.87. The summed E-state index contributed by atoms with van der Waals surface area (Å²) in [7, 11) is 1.85. The first-order valence-electron chi connectivity index (χ1n) is 7.45. The van der Waals surface area contributed by atoms with Crippen LogP contribution in [0.4, 0.5) is 0 Å². The second kappa shape index (κ2) is 7.50. The van der Waals surface area contributed by atoms with Crippen LogP contribution in [0.5, 0.6) is 5.75 Å². The highest BCUT2D eigenvalue weighted by Gasteiger charge is 2.17. The van der Waals surface area contributed by atoms with E-state index in [9.17, 15) is 4.79 Å². The van der Waals surface area contributed by atoms with Crippen molar-refractivity contribution in [2.75, 3.05) is 5.75 Å². The number of hydrogen-bond donors (Lipinski definition) is 1. The SMILES string of the molecule is CC(C)c1ccc(O[C@H](C)c2nnc(SCC(N)=O)n2C)cc1. The molecular formula is C16H22N4O2S. The molecule has 0 saturated heterocycles. The number of rotatable bonds is 7. The van der Waals surface area contributed by atoms with Gasteiger partial charge in [-0.3, -0.25) is 4.79 Å². The molecule has 1 amide bonds. The number of nitrogens with zero attached hydrogens (tertiary/aromatic N) is 3. The van der Waals surface area contributed by atoms with Gasteiger partial charge in [-0.2, -0.15) is 0 Å². The monoisotopic (exact) mass is 334 g/mol. The summed E-state index contributed by atoms with van der Waals surface area (Å²) < 4.78 is 7.75. The number of hydrogen-bond acceptors (Lipinski definition) is 5. The highest BCUT2D eigenvalue weighted by atomic mass is 32.2. The van der Waals surface area contributed by atoms with Crippen molar-refractivity contribution in [3.05, 3.63) is 35.7 Å². The molecule has 0 saturated carbocycles. The Bertz CT molecular complexity index is 667. The van der Waals surface area contributed by atoms with E-state index < -0.39 is 0 Å². The maximum atomic E-state index is 10.9. The van der Waals surface area contributed by atoms with Crippen molar-refractivity contribution < 1.29 is 9.53 Å². The van der Waals surface area contributed by atoms with Crippen molar-refractivity contribution >= 4 is 17.7 Å². The van der Waals surface area contributed by atoms with Crippen molar-refractivity contribution in [1.82, 2.24) is 14.8 Å². The zero-order valence-corrected chi connectivity index (χ0v) is 14.6. The molecule has 1 aromatic heterocycles. The third-order valence-corrected chi connectivity index (χ3v) is 4.48. The van der Waals surface area contributed by atoms with Gasteiger partial charge in [-0.15, -0.1) is 10.2 Å². The molecule has 2 N–H and O–H groups in total. The number of carbonyl (C=O) groups is 1. The third-order valence-electron chi connectivity index (χ3n) is 3.44. The number of amides is 1. The van der Waals surface area contributed by atoms with Gasteiger partial charge < -0.3 is 15.0 Å². The summed E-state index contributed by atoms with van der Waals surface area (Å²) in [6.45, 7) is 6.23. The zero-order chi connectivity index (χ0) is 17.0. The summed E-state index contributed by atoms with van der Waals surface area (Å²) in [4.78, 5) is 10.9. The number of aromatic nitrogens is 3. The maximum absolute atomic E-state index is 10.9. The van der Waals surface area contributed by atoms with Crippen LogP contribution in [0.15, 0.2) is 29.4 Å². The van der Waals surface area contributed by atoms with Gasteiger partial charge in [0.15, 0.2) is 17.1 Å². The minimum Gasteiger partial charge on any atom is -0.483 e. The van der Waals surface area contributed by atoms with E-state index in [-0.39, 0.29) is 17.8 Å². The van der Waals surface area contributed by atoms with Crippen LogP contribution in [0.1, 0.15) is 44.2 Å². The van der Waals surface area contributed by atoms with Crippen molar-refractivity contribution in [2.45, 2.75) is 37.9 Å². The lowest BCUT2D eigenvalue weighted by molar-refractivity contribution is -0.115. The lowest BCUT2D eigenvalue weighted by atomic mass is 10.0. The van der Waals surface area contributed by atoms with E-state index in [1.807, 2.05) is 30.7 Å². The molecule has 0 spiro atoms. The molecule has 0 bridgehead atoms. The van der Waals surface area contributed by atoms with Crippen LogP contribution in [0.3, 0.4) is 0 Å². The van der Waals surface area contributed by atoms with Gasteiger partial charge in [0, 0.05) is 7.05 Å². The summed E-state index contributed by atoms with van der Waals surface area (Å²) in [5.74, 6) is 1.78. The van der Waals surface area contributed by atoms with Crippen LogP contribution in [-0.2, 0) is 11.8 Å². The van der Waals surface area contributed by atoms with Crippen molar-refractivity contribution in [3.63, 3.8) is 0 Å². The molecular weight excluding hydrogens is 312 g/mol. The number of thioether (sulfide) groups is 1. The van der Waals surface area contributed by atoms with Crippen LogP contribution in [0.2, 0.25) is 0 Å². The molecule has 1 heterocycles. The smallest absolute Gasteiger partial charge is 0.227 e. The zero-order valence-electron chi connectivity index (χ0n) is 13.8. The third kappa shape index (κ3) is 4.48. The fourth-order valence-corrected chi connectivity index (χ4v) is 2.79. The van der Waals surface area contributed by atoms with Gasteiger partial charge in [-0.25, -0.2) is 0 Å². The molecule has 2 rings (SSSR count). The minimum atomic E-state index is -0.380. The molecule has 7 heteroatoms. The molecule has 0 unspecified atom stereocenters. The average molecular weight is 334 g/mol. The molecule has 0 radical (unpaired) electrons. The molecule has 2 aromatic rings. The Hall–Kier alpha value is -2.02. The Balaban J connectivity index is 2.05. The molecule has 0 aliphatic carbocycles. The largest absolute Gasteiger partial charge is 0.483 e. The lowest BCUT2D eigenvalue weighted by Crippen LogP contribution is -2.14. The number of ether oxygens (including phenoxy) is 1. The molecule has 1 aromatic carbocycles. The Labute approximate surface area is 140 Å². The fraction of sp³-hybridized carbons (Fsp3) is 0.438. The minimum absolute atomic E-state index is 0.178. The lowest BCUT2D eigenvalue weighted by Gasteiger charge is -2.15. The first kappa shape index (κ1) is 17.3. The van der Waals surface area contributed by atoms with Crippen molar-refractivity contribution in [3.8, 4) is 5.75 Å². The standard InChI is InChI=1S/C16H22N4O2S/c1-10(2)12-5-7-13(8-6-12)22-11(3)15-18-19-16(20(15)4)23-9-14(17)21/h5-8,10-11H,9H2,1-4H3,(H2,17,21)/t11-/m1/s1.